The Labute approximate surface area is 383 Å². The van der Waals surface area contributed by atoms with E-state index in [0.29, 0.717) is 67.5 Å². The molecule has 3 fully saturated rings. The average Bonchev–Trinajstić information content (AvgIpc) is 3.65. The number of amides is 2. The molecule has 2 aliphatic carbocycles. The molecular weight excluding hydrogens is 852 g/mol. The minimum Gasteiger partial charge on any atom is -0.490 e. The zero-order valence-corrected chi connectivity index (χ0v) is 39.0. The van der Waals surface area contributed by atoms with Gasteiger partial charge < -0.3 is 28.4 Å². The number of hydrogen-bond acceptors (Lipinski definition) is 10. The van der Waals surface area contributed by atoms with Gasteiger partial charge in [-0.2, -0.15) is 0 Å². The van der Waals surface area contributed by atoms with Crippen molar-refractivity contribution in [2.24, 2.45) is 22.1 Å². The number of carbonyl (C=O) groups excluding carboxylic acids is 2. The van der Waals surface area contributed by atoms with E-state index in [1.165, 1.54) is 11.1 Å². The van der Waals surface area contributed by atoms with Crippen molar-refractivity contribution in [3.05, 3.63) is 93.8 Å². The van der Waals surface area contributed by atoms with Crippen molar-refractivity contribution < 1.29 is 32.7 Å². The Balaban J connectivity index is 0.938. The van der Waals surface area contributed by atoms with Crippen LogP contribution in [0.5, 0.6) is 5.75 Å². The molecule has 2 saturated heterocycles. The lowest BCUT2D eigenvalue weighted by molar-refractivity contribution is -0.0655. The molecule has 344 valence electrons. The highest BCUT2D eigenvalue weighted by Crippen LogP contribution is 2.47. The summed E-state index contributed by atoms with van der Waals surface area (Å²) in [6, 6.07) is 13.9. The van der Waals surface area contributed by atoms with E-state index >= 15 is 4.21 Å². The van der Waals surface area contributed by atoms with E-state index in [2.05, 4.69) is 52.6 Å². The third kappa shape index (κ3) is 8.68. The Morgan fingerprint density at radius 2 is 1.97 bits per heavy atom. The highest BCUT2D eigenvalue weighted by molar-refractivity contribution is 7.93. The summed E-state index contributed by atoms with van der Waals surface area (Å²) in [5.41, 5.74) is 4.62. The standard InChI is InChI=1S/C49H63ClN6O7S/c1-32-6-4-8-45(60-3)42-12-9-36(42)23-56-30-49(15-5-7-34-20-38(50)11-13-43(34)49)31-63-46-14-10-35(22-44(46)56)47(57)51-64(59,33(32)2)52-48(58)37-21-39-29-62-41(27-55(39)24-37)26-53-16-17-54-18-19-61-28-40(54)25-53/h4,8,10-11,13-14,20-22,24,32-33,36,40-42,45H,5-7,9,12,15-19,23,25-31H2,1-3H3,(H,51,52,57,58,59)/b8-4+/t32-,33+,36-,40+,41-,42+,45-,49-,64?/m0/s1. The number of ether oxygens (including phenoxy) is 4. The molecule has 1 N–H and O–H groups in total. The number of nitrogens with one attached hydrogen (secondary N) is 1. The predicted molar refractivity (Wildman–Crippen MR) is 248 cm³/mol. The summed E-state index contributed by atoms with van der Waals surface area (Å²) in [4.78, 5) is 36.1. The summed E-state index contributed by atoms with van der Waals surface area (Å²) in [5.74, 6) is 0.0354. The Bertz CT molecular complexity index is 2420. The molecule has 6 heterocycles. The Morgan fingerprint density at radius 3 is 2.81 bits per heavy atom. The first kappa shape index (κ1) is 44.1. The fraction of sp³-hybridized carbons (Fsp3) is 0.592. The lowest BCUT2D eigenvalue weighted by Gasteiger charge is -2.46. The van der Waals surface area contributed by atoms with E-state index in [4.69, 9.17) is 30.5 Å². The van der Waals surface area contributed by atoms with Crippen molar-refractivity contribution in [2.45, 2.75) is 94.4 Å². The first-order chi connectivity index (χ1) is 31.0. The number of rotatable bonds is 5. The Kier molecular flexibility index (Phi) is 12.5. The third-order valence-corrected chi connectivity index (χ3v) is 18.2. The summed E-state index contributed by atoms with van der Waals surface area (Å²) < 4.78 is 49.7. The summed E-state index contributed by atoms with van der Waals surface area (Å²) >= 11 is 6.52. The second-order valence-electron chi connectivity index (χ2n) is 19.6. The van der Waals surface area contributed by atoms with Gasteiger partial charge in [0.2, 0.25) is 0 Å². The molecule has 64 heavy (non-hydrogen) atoms. The van der Waals surface area contributed by atoms with Crippen molar-refractivity contribution in [2.75, 3.05) is 77.6 Å². The zero-order chi connectivity index (χ0) is 44.2. The van der Waals surface area contributed by atoms with Gasteiger partial charge in [-0.1, -0.05) is 36.7 Å². The maximum Gasteiger partial charge on any atom is 0.286 e. The number of anilines is 1. The van der Waals surface area contributed by atoms with Gasteiger partial charge in [-0.15, -0.1) is 4.36 Å². The number of methoxy groups -OCH3 is 1. The van der Waals surface area contributed by atoms with Gasteiger partial charge in [-0.25, -0.2) is 4.21 Å². The van der Waals surface area contributed by atoms with E-state index in [1.807, 2.05) is 38.2 Å². The third-order valence-electron chi connectivity index (χ3n) is 15.6. The Morgan fingerprint density at radius 1 is 1.08 bits per heavy atom. The van der Waals surface area contributed by atoms with Crippen LogP contribution < -0.4 is 14.4 Å². The largest absolute Gasteiger partial charge is 0.490 e. The number of aromatic nitrogens is 1. The summed E-state index contributed by atoms with van der Waals surface area (Å²) in [7, 11) is -1.89. The molecule has 7 aliphatic rings. The molecule has 15 heteroatoms. The van der Waals surface area contributed by atoms with Crippen LogP contribution in [0.4, 0.5) is 5.69 Å². The van der Waals surface area contributed by atoms with Gasteiger partial charge in [0.05, 0.1) is 55.1 Å². The van der Waals surface area contributed by atoms with Crippen molar-refractivity contribution >= 4 is 39.0 Å². The van der Waals surface area contributed by atoms with Gasteiger partial charge >= 0.3 is 0 Å². The Hall–Kier alpha value is -3.76. The van der Waals surface area contributed by atoms with Crippen LogP contribution in [0.3, 0.4) is 0 Å². The van der Waals surface area contributed by atoms with Crippen LogP contribution in [-0.2, 0) is 49.1 Å². The number of aryl methyl sites for hydroxylation is 1. The van der Waals surface area contributed by atoms with Gasteiger partial charge in [-0.3, -0.25) is 24.1 Å². The smallest absolute Gasteiger partial charge is 0.286 e. The van der Waals surface area contributed by atoms with E-state index in [9.17, 15) is 9.59 Å². The molecule has 1 spiro atoms. The minimum absolute atomic E-state index is 0.0313. The number of halogens is 1. The highest BCUT2D eigenvalue weighted by atomic mass is 35.5. The van der Waals surface area contributed by atoms with Crippen molar-refractivity contribution in [1.82, 2.24) is 19.1 Å². The average molecular weight is 916 g/mol. The van der Waals surface area contributed by atoms with Gasteiger partial charge in [0.15, 0.2) is 0 Å². The van der Waals surface area contributed by atoms with Gasteiger partial charge in [0, 0.05) is 93.4 Å². The SMILES string of the molecule is CO[C@H]1/C=C/C[C@H](C)[C@@H](C)S(=O)(NC(=O)c2cc3n(c2)C[C@H](CN2CCN4CCOC[C@H]4C2)OC3)=NC(=O)c2ccc3c(c2)N(C[C@@H]2CC[C@H]21)C[C@@]1(CCCc2cc(Cl)ccc21)CO3. The number of hydrogen-bond donors (Lipinski definition) is 1. The lowest BCUT2D eigenvalue weighted by Crippen LogP contribution is -2.59. The molecule has 1 saturated carbocycles. The van der Waals surface area contributed by atoms with Crippen molar-refractivity contribution in [3.63, 3.8) is 0 Å². The number of fused-ring (bicyclic) bond motifs is 6. The molecule has 10 rings (SSSR count). The quantitative estimate of drug-likeness (QED) is 0.284. The molecule has 13 nitrogen and oxygen atoms in total. The molecule has 0 radical (unpaired) electrons. The highest BCUT2D eigenvalue weighted by Gasteiger charge is 2.45. The molecule has 3 aromatic rings. The maximum atomic E-state index is 15.3. The number of benzene rings is 2. The van der Waals surface area contributed by atoms with E-state index in [0.717, 1.165) is 101 Å². The molecule has 2 bridgehead atoms. The molecule has 5 aliphatic heterocycles. The summed E-state index contributed by atoms with van der Waals surface area (Å²) in [6.45, 7) is 13.1. The number of carbonyl (C=O) groups is 2. The molecular formula is C49H63ClN6O7S. The summed E-state index contributed by atoms with van der Waals surface area (Å²) in [5, 5.41) is 0.0696. The molecule has 1 aromatic heterocycles. The van der Waals surface area contributed by atoms with Crippen molar-refractivity contribution in [3.8, 4) is 5.75 Å². The van der Waals surface area contributed by atoms with Crippen LogP contribution in [0.1, 0.15) is 83.5 Å². The topological polar surface area (TPSA) is 127 Å². The van der Waals surface area contributed by atoms with E-state index < -0.39 is 27.0 Å². The fourth-order valence-corrected chi connectivity index (χ4v) is 13.6. The van der Waals surface area contributed by atoms with E-state index in [-0.39, 0.29) is 23.5 Å². The van der Waals surface area contributed by atoms with Crippen LogP contribution in [0.2, 0.25) is 5.02 Å². The van der Waals surface area contributed by atoms with Crippen LogP contribution in [0.15, 0.2) is 65.2 Å². The molecule has 1 unspecified atom stereocenters. The fourth-order valence-electron chi connectivity index (χ4n) is 11.5. The second-order valence-corrected chi connectivity index (χ2v) is 22.3. The van der Waals surface area contributed by atoms with Crippen LogP contribution in [-0.4, -0.2) is 127 Å². The van der Waals surface area contributed by atoms with Crippen LogP contribution in [0, 0.1) is 17.8 Å². The number of piperazine rings is 1. The van der Waals surface area contributed by atoms with E-state index in [1.54, 1.807) is 19.2 Å². The first-order valence-electron chi connectivity index (χ1n) is 23.4. The molecule has 2 aromatic carbocycles. The minimum atomic E-state index is -3.67. The van der Waals surface area contributed by atoms with Crippen molar-refractivity contribution in [1.29, 1.82) is 0 Å². The lowest BCUT2D eigenvalue weighted by atomic mass is 9.68. The predicted octanol–water partition coefficient (Wildman–Crippen LogP) is 6.51. The number of allylic oxidation sites excluding steroid dienone is 1. The summed E-state index contributed by atoms with van der Waals surface area (Å²) in [6.07, 6.45) is 11.7. The van der Waals surface area contributed by atoms with Gasteiger partial charge in [-0.05, 0) is 111 Å². The monoisotopic (exact) mass is 914 g/mol. The number of nitrogens with zero attached hydrogens (tertiary/aromatic N) is 5. The maximum absolute atomic E-state index is 15.3. The second kappa shape index (κ2) is 18.1. The van der Waals surface area contributed by atoms with Gasteiger partial charge in [0.25, 0.3) is 11.8 Å². The van der Waals surface area contributed by atoms with Crippen LogP contribution in [0.25, 0.3) is 0 Å². The first-order valence-corrected chi connectivity index (χ1v) is 25.4. The normalized spacial score (nSPS) is 33.8. The molecule has 9 atom stereocenters. The number of morpholine rings is 1. The molecule has 2 amide bonds. The zero-order valence-electron chi connectivity index (χ0n) is 37.4. The van der Waals surface area contributed by atoms with Crippen LogP contribution >= 0.6 is 11.6 Å². The van der Waals surface area contributed by atoms with Gasteiger partial charge in [0.1, 0.15) is 15.7 Å².